The molecule has 1 saturated heterocycles. The van der Waals surface area contributed by atoms with Crippen molar-refractivity contribution in [1.29, 1.82) is 0 Å². The van der Waals surface area contributed by atoms with E-state index in [0.717, 1.165) is 6.07 Å². The Morgan fingerprint density at radius 2 is 2.24 bits per heavy atom. The fourth-order valence-electron chi connectivity index (χ4n) is 1.82. The minimum absolute atomic E-state index is 0.0888. The average molecular weight is 258 g/mol. The largest absolute Gasteiger partial charge is 0.481 e. The third-order valence-electron chi connectivity index (χ3n) is 2.72. The third kappa shape index (κ3) is 2.10. The van der Waals surface area contributed by atoms with Crippen molar-refractivity contribution in [1.82, 2.24) is 0 Å². The predicted molar refractivity (Wildman–Crippen MR) is 59.5 cm³/mol. The van der Waals surface area contributed by atoms with Crippen LogP contribution in [-0.2, 0) is 9.59 Å². The van der Waals surface area contributed by atoms with E-state index in [2.05, 4.69) is 0 Å². The van der Waals surface area contributed by atoms with Crippen molar-refractivity contribution in [2.24, 2.45) is 5.92 Å². The second kappa shape index (κ2) is 4.33. The first-order valence-corrected chi connectivity index (χ1v) is 5.37. The minimum Gasteiger partial charge on any atom is -0.481 e. The van der Waals surface area contributed by atoms with E-state index in [9.17, 15) is 14.0 Å². The number of carboxylic acids is 1. The molecule has 6 heteroatoms. The van der Waals surface area contributed by atoms with Crippen LogP contribution in [0.2, 0.25) is 5.02 Å². The molecule has 90 valence electrons. The maximum absolute atomic E-state index is 13.0. The smallest absolute Gasteiger partial charge is 0.316 e. The van der Waals surface area contributed by atoms with Gasteiger partial charge < -0.3 is 10.0 Å². The first kappa shape index (κ1) is 11.9. The Morgan fingerprint density at radius 1 is 1.53 bits per heavy atom. The van der Waals surface area contributed by atoms with E-state index in [4.69, 9.17) is 16.7 Å². The Labute approximate surface area is 102 Å². The molecule has 17 heavy (non-hydrogen) atoms. The van der Waals surface area contributed by atoms with Gasteiger partial charge >= 0.3 is 5.97 Å². The third-order valence-corrected chi connectivity index (χ3v) is 3.01. The van der Waals surface area contributed by atoms with E-state index in [1.165, 1.54) is 17.0 Å². The van der Waals surface area contributed by atoms with Crippen molar-refractivity contribution in [3.63, 3.8) is 0 Å². The fourth-order valence-corrected chi connectivity index (χ4v) is 1.99. The molecule has 1 aromatic carbocycles. The summed E-state index contributed by atoms with van der Waals surface area (Å²) in [6, 6.07) is 3.88. The van der Waals surface area contributed by atoms with Gasteiger partial charge in [-0.05, 0) is 24.6 Å². The van der Waals surface area contributed by atoms with E-state index in [0.29, 0.717) is 12.2 Å². The lowest BCUT2D eigenvalue weighted by molar-refractivity contribution is -0.144. The molecule has 0 spiro atoms. The number of halogens is 2. The summed E-state index contributed by atoms with van der Waals surface area (Å²) in [6.45, 7) is 0.303. The summed E-state index contributed by atoms with van der Waals surface area (Å²) in [7, 11) is 0. The van der Waals surface area contributed by atoms with Gasteiger partial charge in [-0.15, -0.1) is 0 Å². The van der Waals surface area contributed by atoms with E-state index in [-0.39, 0.29) is 11.4 Å². The van der Waals surface area contributed by atoms with E-state index >= 15 is 0 Å². The van der Waals surface area contributed by atoms with Gasteiger partial charge in [0, 0.05) is 12.2 Å². The number of carboxylic acid groups (broad SMARTS) is 1. The maximum atomic E-state index is 13.0. The highest BCUT2D eigenvalue weighted by atomic mass is 35.5. The summed E-state index contributed by atoms with van der Waals surface area (Å²) < 4.78 is 13.0. The average Bonchev–Trinajstić information content (AvgIpc) is 2.64. The summed E-state index contributed by atoms with van der Waals surface area (Å²) in [5, 5.41) is 8.72. The molecule has 1 unspecified atom stereocenters. The minimum atomic E-state index is -1.13. The van der Waals surface area contributed by atoms with Crippen molar-refractivity contribution < 1.29 is 19.1 Å². The van der Waals surface area contributed by atoms with Crippen LogP contribution in [0.5, 0.6) is 0 Å². The molecule has 0 aromatic heterocycles. The molecule has 0 saturated carbocycles. The maximum Gasteiger partial charge on any atom is 0.316 e. The molecular formula is C11H9ClFNO3. The van der Waals surface area contributed by atoms with Gasteiger partial charge in [-0.2, -0.15) is 0 Å². The van der Waals surface area contributed by atoms with Crippen molar-refractivity contribution in [2.75, 3.05) is 11.4 Å². The quantitative estimate of drug-likeness (QED) is 0.824. The van der Waals surface area contributed by atoms with Gasteiger partial charge in [0.15, 0.2) is 0 Å². The molecule has 0 aliphatic carbocycles. The van der Waals surface area contributed by atoms with Crippen molar-refractivity contribution >= 4 is 29.2 Å². The normalized spacial score (nSPS) is 19.8. The molecule has 1 fully saturated rings. The SMILES string of the molecule is O=C(O)C1CCN(c2ccc(F)c(Cl)c2)C1=O. The second-order valence-electron chi connectivity index (χ2n) is 3.77. The van der Waals surface area contributed by atoms with Crippen molar-refractivity contribution in [3.8, 4) is 0 Å². The molecular weight excluding hydrogens is 249 g/mol. The topological polar surface area (TPSA) is 57.6 Å². The van der Waals surface area contributed by atoms with Crippen LogP contribution in [0, 0.1) is 11.7 Å². The molecule has 1 aromatic rings. The predicted octanol–water partition coefficient (Wildman–Crippen LogP) is 1.92. The summed E-state index contributed by atoms with van der Waals surface area (Å²) in [5.74, 6) is -3.21. The lowest BCUT2D eigenvalue weighted by Gasteiger charge is -2.16. The van der Waals surface area contributed by atoms with Gasteiger partial charge in [0.05, 0.1) is 5.02 Å². The first-order valence-electron chi connectivity index (χ1n) is 5.00. The number of carbonyl (C=O) groups excluding carboxylic acids is 1. The number of nitrogens with zero attached hydrogens (tertiary/aromatic N) is 1. The van der Waals surface area contributed by atoms with Crippen molar-refractivity contribution in [3.05, 3.63) is 29.0 Å². The van der Waals surface area contributed by atoms with Gasteiger partial charge in [-0.25, -0.2) is 4.39 Å². The lowest BCUT2D eigenvalue weighted by Crippen LogP contribution is -2.30. The molecule has 1 aliphatic rings. The summed E-state index contributed by atoms with van der Waals surface area (Å²) in [5.41, 5.74) is 0.421. The molecule has 2 rings (SSSR count). The summed E-state index contributed by atoms with van der Waals surface area (Å²) >= 11 is 5.61. The number of amides is 1. The Balaban J connectivity index is 2.27. The zero-order valence-corrected chi connectivity index (χ0v) is 9.45. The number of hydrogen-bond donors (Lipinski definition) is 1. The Hall–Kier alpha value is -1.62. The van der Waals surface area contributed by atoms with Crippen LogP contribution in [0.25, 0.3) is 0 Å². The Bertz CT molecular complexity index is 492. The molecule has 1 amide bonds. The van der Waals surface area contributed by atoms with Crippen molar-refractivity contribution in [2.45, 2.75) is 6.42 Å². The van der Waals surface area contributed by atoms with Gasteiger partial charge in [0.2, 0.25) is 5.91 Å². The number of aliphatic carboxylic acids is 1. The Morgan fingerprint density at radius 3 is 2.76 bits per heavy atom. The van der Waals surface area contributed by atoms with Crippen LogP contribution in [0.15, 0.2) is 18.2 Å². The highest BCUT2D eigenvalue weighted by Gasteiger charge is 2.37. The van der Waals surface area contributed by atoms with Gasteiger partial charge in [-0.1, -0.05) is 11.6 Å². The van der Waals surface area contributed by atoms with E-state index < -0.39 is 23.6 Å². The van der Waals surface area contributed by atoms with E-state index in [1.807, 2.05) is 0 Å². The standard InChI is InChI=1S/C11H9ClFNO3/c12-8-5-6(1-2-9(8)13)14-4-3-7(10(14)15)11(16)17/h1-2,5,7H,3-4H2,(H,16,17). The van der Waals surface area contributed by atoms with Crippen LogP contribution in [-0.4, -0.2) is 23.5 Å². The monoisotopic (exact) mass is 257 g/mol. The van der Waals surface area contributed by atoms with Crippen LogP contribution in [0.3, 0.4) is 0 Å². The molecule has 1 N–H and O–H groups in total. The van der Waals surface area contributed by atoms with Crippen LogP contribution in [0.1, 0.15) is 6.42 Å². The summed E-state index contributed by atoms with van der Waals surface area (Å²) in [6.07, 6.45) is 0.253. The van der Waals surface area contributed by atoms with Gasteiger partial charge in [0.1, 0.15) is 11.7 Å². The molecule has 4 nitrogen and oxygen atoms in total. The van der Waals surface area contributed by atoms with Crippen LogP contribution in [0.4, 0.5) is 10.1 Å². The molecule has 0 radical (unpaired) electrons. The second-order valence-corrected chi connectivity index (χ2v) is 4.17. The number of carbonyl (C=O) groups is 2. The zero-order valence-electron chi connectivity index (χ0n) is 8.69. The van der Waals surface area contributed by atoms with Crippen LogP contribution >= 0.6 is 11.6 Å². The van der Waals surface area contributed by atoms with Crippen LogP contribution < -0.4 is 4.90 Å². The highest BCUT2D eigenvalue weighted by Crippen LogP contribution is 2.28. The molecule has 1 heterocycles. The lowest BCUT2D eigenvalue weighted by atomic mass is 10.1. The summed E-state index contributed by atoms with van der Waals surface area (Å²) in [4.78, 5) is 23.8. The Kier molecular flexibility index (Phi) is 3.02. The first-order chi connectivity index (χ1) is 8.00. The van der Waals surface area contributed by atoms with Gasteiger partial charge in [-0.3, -0.25) is 9.59 Å². The number of hydrogen-bond acceptors (Lipinski definition) is 2. The number of benzene rings is 1. The van der Waals surface area contributed by atoms with E-state index in [1.54, 1.807) is 0 Å². The highest BCUT2D eigenvalue weighted by molar-refractivity contribution is 6.31. The zero-order chi connectivity index (χ0) is 12.6. The number of rotatable bonds is 2. The molecule has 0 bridgehead atoms. The van der Waals surface area contributed by atoms with Gasteiger partial charge in [0.25, 0.3) is 0 Å². The number of anilines is 1. The molecule has 1 atom stereocenters. The fraction of sp³-hybridized carbons (Fsp3) is 0.273. The molecule has 1 aliphatic heterocycles.